The molecule has 2 aromatic carbocycles. The van der Waals surface area contributed by atoms with E-state index < -0.39 is 10.0 Å². The van der Waals surface area contributed by atoms with E-state index in [4.69, 9.17) is 9.47 Å². The molecule has 1 heterocycles. The summed E-state index contributed by atoms with van der Waals surface area (Å²) in [5.41, 5.74) is 0.971. The monoisotopic (exact) mass is 432 g/mol. The summed E-state index contributed by atoms with van der Waals surface area (Å²) in [6, 6.07) is 11.5. The molecule has 0 saturated carbocycles. The number of carbonyl (C=O) groups excluding carboxylic acids is 1. The van der Waals surface area contributed by atoms with Gasteiger partial charge in [-0.3, -0.25) is 4.79 Å². The van der Waals surface area contributed by atoms with Crippen LogP contribution in [0, 0.1) is 0 Å². The number of anilines is 1. The zero-order valence-electron chi connectivity index (χ0n) is 17.4. The molecular formula is C22H28N2O5S. The van der Waals surface area contributed by atoms with Crippen molar-refractivity contribution in [1.29, 1.82) is 0 Å². The lowest BCUT2D eigenvalue weighted by Crippen LogP contribution is -2.32. The predicted molar refractivity (Wildman–Crippen MR) is 116 cm³/mol. The minimum absolute atomic E-state index is 0.00323. The molecule has 30 heavy (non-hydrogen) atoms. The number of methoxy groups -OCH3 is 2. The first-order valence-electron chi connectivity index (χ1n) is 10.0. The number of benzene rings is 2. The Balaban J connectivity index is 1.75. The fourth-order valence-electron chi connectivity index (χ4n) is 3.49. The van der Waals surface area contributed by atoms with E-state index in [9.17, 15) is 13.2 Å². The molecule has 1 fully saturated rings. The van der Waals surface area contributed by atoms with Gasteiger partial charge in [-0.25, -0.2) is 8.42 Å². The fourth-order valence-corrected chi connectivity index (χ4v) is 5.05. The van der Waals surface area contributed by atoms with Gasteiger partial charge in [-0.15, -0.1) is 0 Å². The molecule has 0 spiro atoms. The van der Waals surface area contributed by atoms with Gasteiger partial charge in [-0.2, -0.15) is 4.31 Å². The molecule has 8 heteroatoms. The second-order valence-electron chi connectivity index (χ2n) is 7.19. The Hall–Kier alpha value is -2.58. The van der Waals surface area contributed by atoms with Gasteiger partial charge in [0.25, 0.3) is 0 Å². The molecule has 0 aromatic heterocycles. The van der Waals surface area contributed by atoms with E-state index in [0.717, 1.165) is 25.7 Å². The molecule has 1 N–H and O–H groups in total. The van der Waals surface area contributed by atoms with E-state index in [0.29, 0.717) is 35.8 Å². The minimum atomic E-state index is -3.60. The molecule has 2 aromatic rings. The number of hydrogen-bond acceptors (Lipinski definition) is 6. The average molecular weight is 433 g/mol. The zero-order valence-corrected chi connectivity index (χ0v) is 18.2. The normalized spacial score (nSPS) is 15.3. The number of sulfonamides is 1. The molecule has 0 radical (unpaired) electrons. The lowest BCUT2D eigenvalue weighted by atomic mass is 10.1. The van der Waals surface area contributed by atoms with Crippen molar-refractivity contribution in [2.75, 3.05) is 39.2 Å². The largest absolute Gasteiger partial charge is 0.497 e. The van der Waals surface area contributed by atoms with E-state index in [1.165, 1.54) is 10.4 Å². The van der Waals surface area contributed by atoms with Crippen molar-refractivity contribution in [2.45, 2.75) is 30.6 Å². The summed E-state index contributed by atoms with van der Waals surface area (Å²) < 4.78 is 38.1. The summed E-state index contributed by atoms with van der Waals surface area (Å²) in [5, 5.41) is 3.05. The maximum Gasteiger partial charge on any atom is 0.243 e. The third-order valence-electron chi connectivity index (χ3n) is 5.20. The number of rotatable bonds is 8. The third kappa shape index (κ3) is 5.12. The molecule has 0 atom stereocenters. The molecule has 3 rings (SSSR count). The SMILES string of the molecule is COc1ccc(OC)c(NCC(=O)c2cccc(S(=O)(=O)N3CCCCCC3)c2)c1. The minimum Gasteiger partial charge on any atom is -0.497 e. The van der Waals surface area contributed by atoms with E-state index in [-0.39, 0.29) is 17.2 Å². The van der Waals surface area contributed by atoms with Crippen molar-refractivity contribution >= 4 is 21.5 Å². The third-order valence-corrected chi connectivity index (χ3v) is 7.10. The summed E-state index contributed by atoms with van der Waals surface area (Å²) in [4.78, 5) is 12.9. The van der Waals surface area contributed by atoms with Gasteiger partial charge in [-0.1, -0.05) is 25.0 Å². The first-order valence-corrected chi connectivity index (χ1v) is 11.5. The van der Waals surface area contributed by atoms with Crippen molar-refractivity contribution in [2.24, 2.45) is 0 Å². The van der Waals surface area contributed by atoms with Gasteiger partial charge in [-0.05, 0) is 37.1 Å². The van der Waals surface area contributed by atoms with Crippen molar-refractivity contribution < 1.29 is 22.7 Å². The second-order valence-corrected chi connectivity index (χ2v) is 9.13. The molecule has 1 aliphatic rings. The molecule has 0 aliphatic carbocycles. The van der Waals surface area contributed by atoms with Crippen LogP contribution >= 0.6 is 0 Å². The van der Waals surface area contributed by atoms with Crippen LogP contribution in [-0.2, 0) is 10.0 Å². The van der Waals surface area contributed by atoms with Crippen LogP contribution in [0.25, 0.3) is 0 Å². The Labute approximate surface area is 178 Å². The number of ketones is 1. The summed E-state index contributed by atoms with van der Waals surface area (Å²) in [7, 11) is -0.494. The summed E-state index contributed by atoms with van der Waals surface area (Å²) in [6.07, 6.45) is 3.82. The Morgan fingerprint density at radius 2 is 1.73 bits per heavy atom. The van der Waals surface area contributed by atoms with E-state index in [1.54, 1.807) is 50.6 Å². The van der Waals surface area contributed by atoms with Crippen LogP contribution in [0.15, 0.2) is 47.4 Å². The number of ether oxygens (including phenoxy) is 2. The average Bonchev–Trinajstić information content (AvgIpc) is 3.07. The lowest BCUT2D eigenvalue weighted by Gasteiger charge is -2.20. The number of hydrogen-bond donors (Lipinski definition) is 1. The Kier molecular flexibility index (Phi) is 7.33. The van der Waals surface area contributed by atoms with Crippen molar-refractivity contribution in [1.82, 2.24) is 4.31 Å². The van der Waals surface area contributed by atoms with Gasteiger partial charge in [0, 0.05) is 24.7 Å². The summed E-state index contributed by atoms with van der Waals surface area (Å²) in [5.74, 6) is 1.00. The Bertz CT molecular complexity index is 983. The highest BCUT2D eigenvalue weighted by Gasteiger charge is 2.25. The lowest BCUT2D eigenvalue weighted by molar-refractivity contribution is 0.101. The quantitative estimate of drug-likeness (QED) is 0.642. The van der Waals surface area contributed by atoms with E-state index >= 15 is 0 Å². The van der Waals surface area contributed by atoms with Crippen LogP contribution in [0.5, 0.6) is 11.5 Å². The van der Waals surface area contributed by atoms with Crippen LogP contribution in [0.1, 0.15) is 36.0 Å². The van der Waals surface area contributed by atoms with Crippen molar-refractivity contribution in [3.05, 3.63) is 48.0 Å². The summed E-state index contributed by atoms with van der Waals surface area (Å²) in [6.45, 7) is 1.05. The molecular weight excluding hydrogens is 404 g/mol. The van der Waals surface area contributed by atoms with Gasteiger partial charge in [0.2, 0.25) is 10.0 Å². The van der Waals surface area contributed by atoms with E-state index in [2.05, 4.69) is 5.32 Å². The smallest absolute Gasteiger partial charge is 0.243 e. The second kappa shape index (κ2) is 9.95. The number of Topliss-reactive ketones (excluding diaryl/α,β-unsaturated/α-hetero) is 1. The molecule has 7 nitrogen and oxygen atoms in total. The molecule has 0 amide bonds. The first kappa shape index (κ1) is 22.1. The first-order chi connectivity index (χ1) is 14.5. The van der Waals surface area contributed by atoms with Gasteiger partial charge in [0.05, 0.1) is 31.3 Å². The van der Waals surface area contributed by atoms with Crippen LogP contribution in [0.3, 0.4) is 0 Å². The van der Waals surface area contributed by atoms with Crippen LogP contribution in [-0.4, -0.2) is 52.4 Å². The maximum absolute atomic E-state index is 13.0. The number of nitrogens with zero attached hydrogens (tertiary/aromatic N) is 1. The standard InChI is InChI=1S/C22H28N2O5S/c1-28-18-10-11-22(29-2)20(15-18)23-16-21(25)17-8-7-9-19(14-17)30(26,27)24-12-5-3-4-6-13-24/h7-11,14-15,23H,3-6,12-13,16H2,1-2H3. The Morgan fingerprint density at radius 3 is 2.40 bits per heavy atom. The molecule has 0 bridgehead atoms. The van der Waals surface area contributed by atoms with Crippen LogP contribution < -0.4 is 14.8 Å². The molecule has 1 saturated heterocycles. The van der Waals surface area contributed by atoms with Crippen LogP contribution in [0.4, 0.5) is 5.69 Å². The van der Waals surface area contributed by atoms with Gasteiger partial charge >= 0.3 is 0 Å². The predicted octanol–water partition coefficient (Wildman–Crippen LogP) is 3.56. The topological polar surface area (TPSA) is 84.9 Å². The zero-order chi connectivity index (χ0) is 21.6. The highest BCUT2D eigenvalue weighted by atomic mass is 32.2. The van der Waals surface area contributed by atoms with Crippen LogP contribution in [0.2, 0.25) is 0 Å². The summed E-state index contributed by atoms with van der Waals surface area (Å²) >= 11 is 0. The highest BCUT2D eigenvalue weighted by molar-refractivity contribution is 7.89. The number of carbonyl (C=O) groups is 1. The maximum atomic E-state index is 13.0. The Morgan fingerprint density at radius 1 is 1.00 bits per heavy atom. The molecule has 1 aliphatic heterocycles. The van der Waals surface area contributed by atoms with Gasteiger partial charge in [0.1, 0.15) is 11.5 Å². The highest BCUT2D eigenvalue weighted by Crippen LogP contribution is 2.29. The van der Waals surface area contributed by atoms with E-state index in [1.807, 2.05) is 0 Å². The fraction of sp³-hybridized carbons (Fsp3) is 0.409. The van der Waals surface area contributed by atoms with Gasteiger partial charge < -0.3 is 14.8 Å². The molecule has 162 valence electrons. The van der Waals surface area contributed by atoms with Gasteiger partial charge in [0.15, 0.2) is 5.78 Å². The molecule has 0 unspecified atom stereocenters. The van der Waals surface area contributed by atoms with Crippen molar-refractivity contribution in [3.63, 3.8) is 0 Å². The number of nitrogens with one attached hydrogen (secondary N) is 1. The van der Waals surface area contributed by atoms with Crippen molar-refractivity contribution in [3.8, 4) is 11.5 Å².